The fourth-order valence-corrected chi connectivity index (χ4v) is 6.16. The highest BCUT2D eigenvalue weighted by molar-refractivity contribution is 8.18. The molecule has 0 aromatic heterocycles. The van der Waals surface area contributed by atoms with E-state index in [2.05, 4.69) is 50.8 Å². The fourth-order valence-electron chi connectivity index (χ4n) is 5.14. The third-order valence-corrected chi connectivity index (χ3v) is 7.87. The van der Waals surface area contributed by atoms with Crippen LogP contribution in [0.3, 0.4) is 0 Å². The zero-order valence-corrected chi connectivity index (χ0v) is 23.0. The SMILES string of the molecule is CCCN1c2ccc(/C=C3/SC(=Nc4ccc(OC)cc4)N(CCOC)C3=O)cc2C(C)CC1(C)C. The molecule has 0 bridgehead atoms. The number of benzene rings is 2. The summed E-state index contributed by atoms with van der Waals surface area (Å²) in [6, 6.07) is 14.1. The van der Waals surface area contributed by atoms with Crippen molar-refractivity contribution in [2.24, 2.45) is 4.99 Å². The first kappa shape index (κ1) is 26.3. The van der Waals surface area contributed by atoms with Gasteiger partial charge in [-0.05, 0) is 98.0 Å². The second kappa shape index (κ2) is 11.1. The summed E-state index contributed by atoms with van der Waals surface area (Å²) < 4.78 is 10.5. The van der Waals surface area contributed by atoms with Crippen LogP contribution >= 0.6 is 11.8 Å². The van der Waals surface area contributed by atoms with Gasteiger partial charge in [0.1, 0.15) is 5.75 Å². The van der Waals surface area contributed by atoms with Gasteiger partial charge in [0.25, 0.3) is 5.91 Å². The molecule has 0 aliphatic carbocycles. The van der Waals surface area contributed by atoms with Crippen LogP contribution in [0.2, 0.25) is 0 Å². The molecular weight excluding hydrogens is 470 g/mol. The van der Waals surface area contributed by atoms with E-state index in [1.807, 2.05) is 30.3 Å². The number of rotatable bonds is 8. The van der Waals surface area contributed by atoms with Crippen LogP contribution in [0.25, 0.3) is 6.08 Å². The molecular formula is C29H37N3O3S. The maximum Gasteiger partial charge on any atom is 0.266 e. The summed E-state index contributed by atoms with van der Waals surface area (Å²) in [5, 5.41) is 0.663. The van der Waals surface area contributed by atoms with Gasteiger partial charge in [0.05, 0.1) is 30.9 Å². The van der Waals surface area contributed by atoms with Gasteiger partial charge >= 0.3 is 0 Å². The number of thioether (sulfide) groups is 1. The number of aliphatic imine (C=N–C) groups is 1. The van der Waals surface area contributed by atoms with Crippen LogP contribution < -0.4 is 9.64 Å². The van der Waals surface area contributed by atoms with E-state index < -0.39 is 0 Å². The topological polar surface area (TPSA) is 54.4 Å². The van der Waals surface area contributed by atoms with Crippen LogP contribution in [0.5, 0.6) is 5.75 Å². The Labute approximate surface area is 219 Å². The van der Waals surface area contributed by atoms with Crippen molar-refractivity contribution in [3.05, 3.63) is 58.5 Å². The molecule has 4 rings (SSSR count). The maximum absolute atomic E-state index is 13.4. The Balaban J connectivity index is 1.65. The average molecular weight is 508 g/mol. The largest absolute Gasteiger partial charge is 0.497 e. The van der Waals surface area contributed by atoms with Crippen molar-refractivity contribution >= 4 is 40.3 Å². The fraction of sp³-hybridized carbons (Fsp3) is 0.448. The van der Waals surface area contributed by atoms with E-state index in [4.69, 9.17) is 14.5 Å². The Kier molecular flexibility index (Phi) is 8.10. The number of hydrogen-bond donors (Lipinski definition) is 0. The Morgan fingerprint density at radius 1 is 1.14 bits per heavy atom. The van der Waals surface area contributed by atoms with Crippen molar-refractivity contribution in [1.29, 1.82) is 0 Å². The minimum Gasteiger partial charge on any atom is -0.497 e. The zero-order chi connectivity index (χ0) is 25.9. The molecule has 1 unspecified atom stereocenters. The van der Waals surface area contributed by atoms with E-state index in [9.17, 15) is 4.79 Å². The minimum absolute atomic E-state index is 0.0381. The summed E-state index contributed by atoms with van der Waals surface area (Å²) in [5.41, 5.74) is 4.63. The molecule has 6 nitrogen and oxygen atoms in total. The highest BCUT2D eigenvalue weighted by Gasteiger charge is 2.36. The molecule has 2 aliphatic rings. The van der Waals surface area contributed by atoms with Crippen molar-refractivity contribution in [1.82, 2.24) is 4.90 Å². The molecule has 2 aromatic rings. The summed E-state index contributed by atoms with van der Waals surface area (Å²) in [5.74, 6) is 1.19. The second-order valence-electron chi connectivity index (χ2n) is 10.0. The van der Waals surface area contributed by atoms with Gasteiger partial charge in [-0.25, -0.2) is 4.99 Å². The number of hydrogen-bond acceptors (Lipinski definition) is 6. The first-order valence-corrected chi connectivity index (χ1v) is 13.4. The van der Waals surface area contributed by atoms with E-state index in [1.54, 1.807) is 19.1 Å². The van der Waals surface area contributed by atoms with E-state index >= 15 is 0 Å². The molecule has 1 fully saturated rings. The number of amides is 1. The maximum atomic E-state index is 13.4. The zero-order valence-electron chi connectivity index (χ0n) is 22.2. The quantitative estimate of drug-likeness (QED) is 0.385. The van der Waals surface area contributed by atoms with Crippen molar-refractivity contribution in [3.8, 4) is 5.75 Å². The number of methoxy groups -OCH3 is 2. The van der Waals surface area contributed by atoms with Crippen molar-refractivity contribution in [2.75, 3.05) is 38.8 Å². The first-order chi connectivity index (χ1) is 17.3. The standard InChI is InChI=1S/C29H37N3O3S/c1-7-14-32-25-13-8-21(17-24(25)20(2)19-29(32,3)4)18-26-27(33)31(15-16-34-5)28(36-26)30-22-9-11-23(35-6)12-10-22/h8-13,17-18,20H,7,14-16,19H2,1-6H3/b26-18+,30-28?. The molecule has 0 saturated carbocycles. The van der Waals surface area contributed by atoms with Gasteiger partial charge in [0.15, 0.2) is 5.17 Å². The van der Waals surface area contributed by atoms with Crippen LogP contribution in [-0.2, 0) is 9.53 Å². The molecule has 2 heterocycles. The van der Waals surface area contributed by atoms with Crippen molar-refractivity contribution in [2.45, 2.75) is 52.0 Å². The Bertz CT molecular complexity index is 1160. The predicted molar refractivity (Wildman–Crippen MR) is 150 cm³/mol. The molecule has 192 valence electrons. The van der Waals surface area contributed by atoms with Gasteiger partial charge in [-0.15, -0.1) is 0 Å². The summed E-state index contributed by atoms with van der Waals surface area (Å²) in [6.45, 7) is 11.2. The first-order valence-electron chi connectivity index (χ1n) is 12.6. The molecule has 1 amide bonds. The van der Waals surface area contributed by atoms with Crippen LogP contribution in [0.4, 0.5) is 11.4 Å². The number of carbonyl (C=O) groups is 1. The molecule has 36 heavy (non-hydrogen) atoms. The summed E-state index contributed by atoms with van der Waals surface area (Å²) in [4.78, 5) is 23.1. The number of amidine groups is 1. The van der Waals surface area contributed by atoms with Gasteiger partial charge in [-0.2, -0.15) is 0 Å². The van der Waals surface area contributed by atoms with E-state index in [-0.39, 0.29) is 11.4 Å². The van der Waals surface area contributed by atoms with Crippen molar-refractivity contribution in [3.63, 3.8) is 0 Å². The van der Waals surface area contributed by atoms with Gasteiger partial charge < -0.3 is 14.4 Å². The third-order valence-electron chi connectivity index (χ3n) is 6.86. The van der Waals surface area contributed by atoms with E-state index in [0.29, 0.717) is 29.1 Å². The molecule has 1 atom stereocenters. The molecule has 0 radical (unpaired) electrons. The van der Waals surface area contributed by atoms with Crippen LogP contribution in [-0.4, -0.2) is 55.4 Å². The van der Waals surface area contributed by atoms with Crippen LogP contribution in [0.15, 0.2) is 52.4 Å². The monoisotopic (exact) mass is 507 g/mol. The smallest absolute Gasteiger partial charge is 0.266 e. The molecule has 0 spiro atoms. The third kappa shape index (κ3) is 5.47. The van der Waals surface area contributed by atoms with E-state index in [1.165, 1.54) is 23.0 Å². The number of nitrogens with zero attached hydrogens (tertiary/aromatic N) is 3. The van der Waals surface area contributed by atoms with Crippen molar-refractivity contribution < 1.29 is 14.3 Å². The van der Waals surface area contributed by atoms with Gasteiger partial charge in [0.2, 0.25) is 0 Å². The number of carbonyl (C=O) groups excluding carboxylic acids is 1. The van der Waals surface area contributed by atoms with Gasteiger partial charge in [-0.1, -0.05) is 19.9 Å². The summed E-state index contributed by atoms with van der Waals surface area (Å²) in [6.07, 6.45) is 4.22. The van der Waals surface area contributed by atoms with Gasteiger partial charge in [0, 0.05) is 24.9 Å². The molecule has 7 heteroatoms. The Hall–Kier alpha value is -2.77. The lowest BCUT2D eigenvalue weighted by Gasteiger charge is -2.47. The number of ether oxygens (including phenoxy) is 2. The summed E-state index contributed by atoms with van der Waals surface area (Å²) in [7, 11) is 3.28. The average Bonchev–Trinajstić information content (AvgIpc) is 3.14. The lowest BCUT2D eigenvalue weighted by molar-refractivity contribution is -0.122. The highest BCUT2D eigenvalue weighted by Crippen LogP contribution is 2.44. The Morgan fingerprint density at radius 2 is 1.89 bits per heavy atom. The lowest BCUT2D eigenvalue weighted by Crippen LogP contribution is -2.48. The molecule has 2 aromatic carbocycles. The minimum atomic E-state index is -0.0381. The predicted octanol–water partition coefficient (Wildman–Crippen LogP) is 6.45. The van der Waals surface area contributed by atoms with Gasteiger partial charge in [-0.3, -0.25) is 9.69 Å². The second-order valence-corrected chi connectivity index (χ2v) is 11.0. The summed E-state index contributed by atoms with van der Waals surface area (Å²) >= 11 is 1.41. The lowest BCUT2D eigenvalue weighted by atomic mass is 9.79. The highest BCUT2D eigenvalue weighted by atomic mass is 32.2. The van der Waals surface area contributed by atoms with E-state index in [0.717, 1.165) is 36.4 Å². The number of anilines is 1. The molecule has 1 saturated heterocycles. The molecule has 2 aliphatic heterocycles. The normalized spacial score (nSPS) is 21.4. The Morgan fingerprint density at radius 3 is 2.56 bits per heavy atom. The molecule has 0 N–H and O–H groups in total. The van der Waals surface area contributed by atoms with Crippen LogP contribution in [0, 0.1) is 0 Å². The number of fused-ring (bicyclic) bond motifs is 1. The van der Waals surface area contributed by atoms with Crippen LogP contribution in [0.1, 0.15) is 57.6 Å².